The molecule has 2 heterocycles. The minimum atomic E-state index is -1.05. The van der Waals surface area contributed by atoms with Crippen molar-refractivity contribution in [1.29, 1.82) is 0 Å². The van der Waals surface area contributed by atoms with Gasteiger partial charge in [-0.05, 0) is 31.2 Å². The molecule has 1 amide bonds. The molecule has 2 rings (SSSR count). The second-order valence-corrected chi connectivity index (χ2v) is 6.69. The Labute approximate surface area is 140 Å². The van der Waals surface area contributed by atoms with Gasteiger partial charge < -0.3 is 14.9 Å². The topological polar surface area (TPSA) is 105 Å². The SMILES string of the molecule is Cc1noc2nc(C(C)C)cc(C(=O)N[C@H](CC(C)C)C(=O)O)c12. The standard InChI is InChI=1S/C17H23N3O4/c1-8(2)6-13(17(22)23)18-15(21)11-7-12(9(3)4)19-16-14(11)10(5)20-24-16/h7-9,13H,6H2,1-5H3,(H,18,21)(H,22,23)/t13-/m1/s1. The van der Waals surface area contributed by atoms with Crippen LogP contribution in [-0.4, -0.2) is 33.2 Å². The minimum absolute atomic E-state index is 0.0947. The third-order valence-corrected chi connectivity index (χ3v) is 3.78. The van der Waals surface area contributed by atoms with Crippen LogP contribution >= 0.6 is 0 Å². The van der Waals surface area contributed by atoms with Crippen molar-refractivity contribution in [2.24, 2.45) is 5.92 Å². The molecule has 0 fully saturated rings. The lowest BCUT2D eigenvalue weighted by atomic mass is 10.0. The molecular formula is C17H23N3O4. The highest BCUT2D eigenvalue weighted by Crippen LogP contribution is 2.25. The maximum atomic E-state index is 12.7. The molecule has 0 spiro atoms. The van der Waals surface area contributed by atoms with E-state index in [2.05, 4.69) is 15.5 Å². The first kappa shape index (κ1) is 17.9. The number of aromatic nitrogens is 2. The van der Waals surface area contributed by atoms with Crippen LogP contribution in [0.25, 0.3) is 11.1 Å². The summed E-state index contributed by atoms with van der Waals surface area (Å²) in [5.74, 6) is -1.26. The summed E-state index contributed by atoms with van der Waals surface area (Å²) in [6.45, 7) is 9.46. The van der Waals surface area contributed by atoms with Gasteiger partial charge in [-0.15, -0.1) is 0 Å². The Hall–Kier alpha value is -2.44. The van der Waals surface area contributed by atoms with Gasteiger partial charge in [-0.2, -0.15) is 0 Å². The molecule has 7 heteroatoms. The monoisotopic (exact) mass is 333 g/mol. The molecule has 0 radical (unpaired) electrons. The Morgan fingerprint density at radius 2 is 1.96 bits per heavy atom. The molecule has 0 aliphatic carbocycles. The molecule has 24 heavy (non-hydrogen) atoms. The average Bonchev–Trinajstić information content (AvgIpc) is 2.86. The maximum absolute atomic E-state index is 12.7. The average molecular weight is 333 g/mol. The lowest BCUT2D eigenvalue weighted by Gasteiger charge is -2.17. The van der Waals surface area contributed by atoms with Gasteiger partial charge in [0.05, 0.1) is 16.6 Å². The number of fused-ring (bicyclic) bond motifs is 1. The van der Waals surface area contributed by atoms with E-state index >= 15 is 0 Å². The zero-order valence-electron chi connectivity index (χ0n) is 14.6. The summed E-state index contributed by atoms with van der Waals surface area (Å²) >= 11 is 0. The number of carbonyl (C=O) groups is 2. The molecule has 130 valence electrons. The van der Waals surface area contributed by atoms with E-state index in [1.54, 1.807) is 13.0 Å². The fourth-order valence-electron chi connectivity index (χ4n) is 2.52. The first-order valence-electron chi connectivity index (χ1n) is 8.01. The molecule has 0 aliphatic heterocycles. The van der Waals surface area contributed by atoms with Gasteiger partial charge in [-0.25, -0.2) is 9.78 Å². The summed E-state index contributed by atoms with van der Waals surface area (Å²) in [5, 5.41) is 16.3. The summed E-state index contributed by atoms with van der Waals surface area (Å²) in [6, 6.07) is 0.740. The van der Waals surface area contributed by atoms with E-state index < -0.39 is 17.9 Å². The second-order valence-electron chi connectivity index (χ2n) is 6.69. The molecule has 2 N–H and O–H groups in total. The van der Waals surface area contributed by atoms with Crippen LogP contribution < -0.4 is 5.32 Å². The first-order chi connectivity index (χ1) is 11.2. The number of nitrogens with one attached hydrogen (secondary N) is 1. The maximum Gasteiger partial charge on any atom is 0.326 e. The van der Waals surface area contributed by atoms with Crippen molar-refractivity contribution in [1.82, 2.24) is 15.5 Å². The van der Waals surface area contributed by atoms with Crippen LogP contribution in [0, 0.1) is 12.8 Å². The smallest absolute Gasteiger partial charge is 0.326 e. The Kier molecular flexibility index (Phi) is 5.21. The van der Waals surface area contributed by atoms with E-state index in [0.29, 0.717) is 34.5 Å². The minimum Gasteiger partial charge on any atom is -0.480 e. The predicted molar refractivity (Wildman–Crippen MR) is 89.0 cm³/mol. The zero-order chi connectivity index (χ0) is 18.0. The number of aryl methyl sites for hydroxylation is 1. The van der Waals surface area contributed by atoms with Gasteiger partial charge in [-0.3, -0.25) is 4.79 Å². The number of rotatable bonds is 6. The number of hydrogen-bond donors (Lipinski definition) is 2. The van der Waals surface area contributed by atoms with Crippen molar-refractivity contribution >= 4 is 23.0 Å². The van der Waals surface area contributed by atoms with Gasteiger partial charge >= 0.3 is 5.97 Å². The highest BCUT2D eigenvalue weighted by Gasteiger charge is 2.25. The van der Waals surface area contributed by atoms with Crippen molar-refractivity contribution < 1.29 is 19.2 Å². The second kappa shape index (κ2) is 6.98. The fraction of sp³-hybridized carbons (Fsp3) is 0.529. The van der Waals surface area contributed by atoms with Crippen LogP contribution in [-0.2, 0) is 4.79 Å². The third-order valence-electron chi connectivity index (χ3n) is 3.78. The largest absolute Gasteiger partial charge is 0.480 e. The zero-order valence-corrected chi connectivity index (χ0v) is 14.6. The van der Waals surface area contributed by atoms with Gasteiger partial charge in [0, 0.05) is 5.69 Å². The van der Waals surface area contributed by atoms with Crippen LogP contribution in [0.4, 0.5) is 0 Å². The quantitative estimate of drug-likeness (QED) is 0.842. The van der Waals surface area contributed by atoms with Crippen molar-refractivity contribution in [2.45, 2.75) is 53.0 Å². The number of pyridine rings is 1. The van der Waals surface area contributed by atoms with E-state index in [4.69, 9.17) is 4.52 Å². The Morgan fingerprint density at radius 3 is 2.50 bits per heavy atom. The highest BCUT2D eigenvalue weighted by atomic mass is 16.5. The number of nitrogens with zero attached hydrogens (tertiary/aromatic N) is 2. The normalized spacial score (nSPS) is 12.8. The third kappa shape index (κ3) is 3.72. The number of carboxylic acids is 1. The molecular weight excluding hydrogens is 310 g/mol. The Morgan fingerprint density at radius 1 is 1.29 bits per heavy atom. The van der Waals surface area contributed by atoms with E-state index in [9.17, 15) is 14.7 Å². The van der Waals surface area contributed by atoms with Crippen LogP contribution in [0.15, 0.2) is 10.6 Å². The number of hydrogen-bond acceptors (Lipinski definition) is 5. The van der Waals surface area contributed by atoms with Gasteiger partial charge in [0.15, 0.2) is 0 Å². The summed E-state index contributed by atoms with van der Waals surface area (Å²) in [6.07, 6.45) is 0.356. The molecule has 2 aromatic rings. The van der Waals surface area contributed by atoms with E-state index in [-0.39, 0.29) is 11.8 Å². The molecule has 0 saturated carbocycles. The molecule has 0 bridgehead atoms. The Bertz CT molecular complexity index is 765. The van der Waals surface area contributed by atoms with E-state index in [1.165, 1.54) is 0 Å². The highest BCUT2D eigenvalue weighted by molar-refractivity contribution is 6.07. The van der Waals surface area contributed by atoms with Crippen LogP contribution in [0.1, 0.15) is 61.8 Å². The molecule has 1 atom stereocenters. The molecule has 0 aromatic carbocycles. The fourth-order valence-corrected chi connectivity index (χ4v) is 2.52. The molecule has 0 aliphatic rings. The van der Waals surface area contributed by atoms with Crippen LogP contribution in [0.5, 0.6) is 0 Å². The number of amides is 1. The van der Waals surface area contributed by atoms with Gasteiger partial charge in [0.1, 0.15) is 6.04 Å². The van der Waals surface area contributed by atoms with E-state index in [0.717, 1.165) is 0 Å². The molecule has 0 saturated heterocycles. The van der Waals surface area contributed by atoms with Gasteiger partial charge in [0.2, 0.25) is 0 Å². The molecule has 2 aromatic heterocycles. The van der Waals surface area contributed by atoms with Crippen molar-refractivity contribution in [3.8, 4) is 0 Å². The summed E-state index contributed by atoms with van der Waals surface area (Å²) in [4.78, 5) is 28.5. The summed E-state index contributed by atoms with van der Waals surface area (Å²) < 4.78 is 5.19. The summed E-state index contributed by atoms with van der Waals surface area (Å²) in [5.41, 5.74) is 1.88. The van der Waals surface area contributed by atoms with Gasteiger partial charge in [-0.1, -0.05) is 32.9 Å². The number of carbonyl (C=O) groups excluding carboxylic acids is 1. The molecule has 0 unspecified atom stereocenters. The van der Waals surface area contributed by atoms with Crippen molar-refractivity contribution in [3.63, 3.8) is 0 Å². The predicted octanol–water partition coefficient (Wildman–Crippen LogP) is 2.88. The van der Waals surface area contributed by atoms with E-state index in [1.807, 2.05) is 27.7 Å². The summed E-state index contributed by atoms with van der Waals surface area (Å²) in [7, 11) is 0. The molecule has 7 nitrogen and oxygen atoms in total. The van der Waals surface area contributed by atoms with Crippen molar-refractivity contribution in [3.05, 3.63) is 23.0 Å². The number of aliphatic carboxylic acids is 1. The van der Waals surface area contributed by atoms with Gasteiger partial charge in [0.25, 0.3) is 11.6 Å². The lowest BCUT2D eigenvalue weighted by molar-refractivity contribution is -0.139. The van der Waals surface area contributed by atoms with Crippen LogP contribution in [0.3, 0.4) is 0 Å². The Balaban J connectivity index is 2.44. The first-order valence-corrected chi connectivity index (χ1v) is 8.01. The number of carboxylic acid groups (broad SMARTS) is 1. The lowest BCUT2D eigenvalue weighted by Crippen LogP contribution is -2.41. The van der Waals surface area contributed by atoms with Crippen LogP contribution in [0.2, 0.25) is 0 Å². The van der Waals surface area contributed by atoms with Crippen molar-refractivity contribution in [2.75, 3.05) is 0 Å².